The number of benzene rings is 1. The maximum absolute atomic E-state index is 11.2. The largest absolute Gasteiger partial charge is 0.496 e. The van der Waals surface area contributed by atoms with E-state index in [0.717, 1.165) is 37.0 Å². The summed E-state index contributed by atoms with van der Waals surface area (Å²) in [7, 11) is 1.68. The minimum Gasteiger partial charge on any atom is -0.496 e. The molecule has 0 saturated heterocycles. The number of methoxy groups -OCH3 is 1. The third-order valence-corrected chi connectivity index (χ3v) is 4.00. The van der Waals surface area contributed by atoms with Crippen molar-refractivity contribution < 1.29 is 9.84 Å². The maximum atomic E-state index is 11.2. The second-order valence-corrected chi connectivity index (χ2v) is 5.65. The minimum absolute atomic E-state index is 0.739. The van der Waals surface area contributed by atoms with Crippen LogP contribution in [0.1, 0.15) is 70.8 Å². The van der Waals surface area contributed by atoms with Gasteiger partial charge in [0.15, 0.2) is 0 Å². The van der Waals surface area contributed by atoms with Gasteiger partial charge in [0.2, 0.25) is 0 Å². The zero-order valence-corrected chi connectivity index (χ0v) is 13.3. The number of hydrogen-bond acceptors (Lipinski definition) is 2. The molecule has 1 N–H and O–H groups in total. The monoisotopic (exact) mass is 278 g/mol. The molecule has 0 fully saturated rings. The third-order valence-electron chi connectivity index (χ3n) is 4.00. The van der Waals surface area contributed by atoms with Gasteiger partial charge in [0.05, 0.1) is 12.7 Å². The second-order valence-electron chi connectivity index (χ2n) is 5.65. The zero-order chi connectivity index (χ0) is 14.8. The highest BCUT2D eigenvalue weighted by atomic mass is 16.5. The third kappa shape index (κ3) is 4.82. The van der Waals surface area contributed by atoms with Gasteiger partial charge in [-0.05, 0) is 18.9 Å². The number of rotatable bonds is 10. The second kappa shape index (κ2) is 9.02. The van der Waals surface area contributed by atoms with Crippen LogP contribution in [0.2, 0.25) is 0 Å². The zero-order valence-electron chi connectivity index (χ0n) is 13.3. The number of unbranched alkanes of at least 4 members (excludes halogenated alkanes) is 4. The van der Waals surface area contributed by atoms with Crippen LogP contribution in [-0.4, -0.2) is 12.2 Å². The Morgan fingerprint density at radius 3 is 2.00 bits per heavy atom. The first-order valence-corrected chi connectivity index (χ1v) is 8.03. The van der Waals surface area contributed by atoms with Crippen LogP contribution in [0.25, 0.3) is 0 Å². The molecule has 0 spiro atoms. The van der Waals surface area contributed by atoms with Gasteiger partial charge in [-0.15, -0.1) is 0 Å². The predicted molar refractivity (Wildman–Crippen MR) is 85.2 cm³/mol. The number of para-hydroxylation sites is 1. The molecule has 0 aliphatic rings. The fourth-order valence-corrected chi connectivity index (χ4v) is 2.76. The lowest BCUT2D eigenvalue weighted by Crippen LogP contribution is -2.26. The van der Waals surface area contributed by atoms with Crippen LogP contribution in [-0.2, 0) is 5.60 Å². The summed E-state index contributed by atoms with van der Waals surface area (Å²) in [6, 6.07) is 7.90. The lowest BCUT2D eigenvalue weighted by molar-refractivity contribution is 0.0113. The van der Waals surface area contributed by atoms with E-state index >= 15 is 0 Å². The molecule has 0 radical (unpaired) electrons. The Balaban J connectivity index is 2.89. The van der Waals surface area contributed by atoms with Gasteiger partial charge in [0, 0.05) is 5.56 Å². The van der Waals surface area contributed by atoms with Crippen molar-refractivity contribution in [2.45, 2.75) is 70.8 Å². The maximum Gasteiger partial charge on any atom is 0.124 e. The van der Waals surface area contributed by atoms with E-state index in [2.05, 4.69) is 13.8 Å². The molecular weight excluding hydrogens is 248 g/mol. The van der Waals surface area contributed by atoms with E-state index < -0.39 is 5.60 Å². The van der Waals surface area contributed by atoms with Crippen LogP contribution in [0, 0.1) is 0 Å². The molecule has 20 heavy (non-hydrogen) atoms. The van der Waals surface area contributed by atoms with Gasteiger partial charge in [-0.25, -0.2) is 0 Å². The first kappa shape index (κ1) is 17.0. The number of ether oxygens (including phenoxy) is 1. The molecule has 1 rings (SSSR count). The van der Waals surface area contributed by atoms with Crippen molar-refractivity contribution in [3.63, 3.8) is 0 Å². The molecule has 0 heterocycles. The van der Waals surface area contributed by atoms with Crippen molar-refractivity contribution in [3.8, 4) is 5.75 Å². The van der Waals surface area contributed by atoms with Gasteiger partial charge in [-0.2, -0.15) is 0 Å². The molecule has 0 aromatic heterocycles. The van der Waals surface area contributed by atoms with E-state index in [-0.39, 0.29) is 0 Å². The molecular formula is C18H30O2. The van der Waals surface area contributed by atoms with Crippen molar-refractivity contribution in [1.82, 2.24) is 0 Å². The highest BCUT2D eigenvalue weighted by molar-refractivity contribution is 5.37. The Hall–Kier alpha value is -1.02. The predicted octanol–water partition coefficient (Wildman–Crippen LogP) is 5.04. The van der Waals surface area contributed by atoms with Crippen LogP contribution < -0.4 is 4.74 Å². The van der Waals surface area contributed by atoms with E-state index in [1.165, 1.54) is 25.7 Å². The molecule has 0 bridgehead atoms. The van der Waals surface area contributed by atoms with Gasteiger partial charge >= 0.3 is 0 Å². The van der Waals surface area contributed by atoms with Crippen LogP contribution in [0.15, 0.2) is 24.3 Å². The van der Waals surface area contributed by atoms with E-state index in [1.54, 1.807) is 7.11 Å². The summed E-state index contributed by atoms with van der Waals surface area (Å²) >= 11 is 0. The first-order chi connectivity index (χ1) is 9.68. The van der Waals surface area contributed by atoms with Crippen molar-refractivity contribution in [2.24, 2.45) is 0 Å². The Morgan fingerprint density at radius 1 is 0.950 bits per heavy atom. The lowest BCUT2D eigenvalue weighted by atomic mass is 9.83. The molecule has 1 aromatic carbocycles. The van der Waals surface area contributed by atoms with E-state index in [4.69, 9.17) is 4.74 Å². The molecule has 0 aliphatic carbocycles. The quantitative estimate of drug-likeness (QED) is 0.607. The summed E-state index contributed by atoms with van der Waals surface area (Å²) in [6.07, 6.45) is 8.48. The smallest absolute Gasteiger partial charge is 0.124 e. The molecule has 1 aromatic rings. The van der Waals surface area contributed by atoms with Gasteiger partial charge in [0.25, 0.3) is 0 Å². The number of aliphatic hydroxyl groups is 1. The Morgan fingerprint density at radius 2 is 1.50 bits per heavy atom. The van der Waals surface area contributed by atoms with Crippen LogP contribution in [0.5, 0.6) is 5.75 Å². The molecule has 2 heteroatoms. The van der Waals surface area contributed by atoms with Crippen molar-refractivity contribution >= 4 is 0 Å². The van der Waals surface area contributed by atoms with Crippen LogP contribution in [0.4, 0.5) is 0 Å². The molecule has 0 aliphatic heterocycles. The average molecular weight is 278 g/mol. The topological polar surface area (TPSA) is 29.5 Å². The summed E-state index contributed by atoms with van der Waals surface area (Å²) < 4.78 is 5.44. The molecule has 0 saturated carbocycles. The highest BCUT2D eigenvalue weighted by Crippen LogP contribution is 2.38. The van der Waals surface area contributed by atoms with E-state index in [1.807, 2.05) is 24.3 Å². The molecule has 0 unspecified atom stereocenters. The van der Waals surface area contributed by atoms with Crippen molar-refractivity contribution in [2.75, 3.05) is 7.11 Å². The summed E-state index contributed by atoms with van der Waals surface area (Å²) in [4.78, 5) is 0. The Kier molecular flexibility index (Phi) is 7.68. The molecule has 114 valence electrons. The van der Waals surface area contributed by atoms with E-state index in [9.17, 15) is 5.11 Å². The van der Waals surface area contributed by atoms with Gasteiger partial charge in [0.1, 0.15) is 5.75 Å². The fraction of sp³-hybridized carbons (Fsp3) is 0.667. The van der Waals surface area contributed by atoms with Gasteiger partial charge in [-0.3, -0.25) is 0 Å². The lowest BCUT2D eigenvalue weighted by Gasteiger charge is -2.30. The number of hydrogen-bond donors (Lipinski definition) is 1. The highest BCUT2D eigenvalue weighted by Gasteiger charge is 2.30. The summed E-state index contributed by atoms with van der Waals surface area (Å²) in [5.74, 6) is 0.808. The Bertz CT molecular complexity index is 363. The molecule has 0 atom stereocenters. The summed E-state index contributed by atoms with van der Waals surface area (Å²) in [5.41, 5.74) is 0.214. The normalized spacial score (nSPS) is 11.6. The summed E-state index contributed by atoms with van der Waals surface area (Å²) in [6.45, 7) is 4.39. The molecule has 2 nitrogen and oxygen atoms in total. The van der Waals surface area contributed by atoms with Crippen molar-refractivity contribution in [3.05, 3.63) is 29.8 Å². The van der Waals surface area contributed by atoms with E-state index in [0.29, 0.717) is 0 Å². The van der Waals surface area contributed by atoms with Gasteiger partial charge in [-0.1, -0.05) is 70.6 Å². The minimum atomic E-state index is -0.739. The summed E-state index contributed by atoms with van der Waals surface area (Å²) in [5, 5.41) is 11.2. The molecule has 0 amide bonds. The Labute approximate surface area is 124 Å². The van der Waals surface area contributed by atoms with Gasteiger partial charge < -0.3 is 9.84 Å². The fourth-order valence-electron chi connectivity index (χ4n) is 2.76. The SMILES string of the molecule is CCCCCC(O)(CCCCC)c1ccccc1OC. The average Bonchev–Trinajstić information content (AvgIpc) is 2.48. The van der Waals surface area contributed by atoms with Crippen LogP contribution in [0.3, 0.4) is 0 Å². The van der Waals surface area contributed by atoms with Crippen molar-refractivity contribution in [1.29, 1.82) is 0 Å². The standard InChI is InChI=1S/C18H30O2/c1-4-6-10-14-18(19,15-11-7-5-2)16-12-8-9-13-17(16)20-3/h8-9,12-13,19H,4-7,10-11,14-15H2,1-3H3. The first-order valence-electron chi connectivity index (χ1n) is 8.03. The van der Waals surface area contributed by atoms with Crippen LogP contribution >= 0.6 is 0 Å².